The van der Waals surface area contributed by atoms with Crippen LogP contribution in [0, 0.1) is 5.41 Å². The van der Waals surface area contributed by atoms with E-state index in [1.165, 1.54) is 0 Å². The summed E-state index contributed by atoms with van der Waals surface area (Å²) in [6.45, 7) is 7.12. The number of H-pyrrole nitrogens is 1. The van der Waals surface area contributed by atoms with Crippen LogP contribution in [0.15, 0.2) is 30.5 Å². The lowest BCUT2D eigenvalue weighted by molar-refractivity contribution is 0.0171. The molecule has 9 nitrogen and oxygen atoms in total. The van der Waals surface area contributed by atoms with Crippen LogP contribution < -0.4 is 11.1 Å². The molecule has 1 amide bonds. The number of carbonyl (C=O) groups excluding carboxylic acids is 1. The van der Waals surface area contributed by atoms with Gasteiger partial charge in [0.2, 0.25) is 5.95 Å². The van der Waals surface area contributed by atoms with Gasteiger partial charge >= 0.3 is 6.09 Å². The Bertz CT molecular complexity index is 1150. The SMILES string of the molecule is CC(C)(C)OC(=O)N1CCC2(CC1)CC2Nc1nc(N)nc2cc(-c3ccn[nH]3)ccc12. The molecule has 0 bridgehead atoms. The number of benzene rings is 1. The zero-order valence-corrected chi connectivity index (χ0v) is 18.7. The normalized spacial score (nSPS) is 19.8. The molecule has 3 heterocycles. The smallest absolute Gasteiger partial charge is 0.410 e. The third-order valence-electron chi connectivity index (χ3n) is 6.44. The fourth-order valence-corrected chi connectivity index (χ4v) is 4.57. The number of aromatic amines is 1. The lowest BCUT2D eigenvalue weighted by Crippen LogP contribution is -2.43. The van der Waals surface area contributed by atoms with Gasteiger partial charge in [0.15, 0.2) is 0 Å². The van der Waals surface area contributed by atoms with Crippen molar-refractivity contribution in [3.05, 3.63) is 30.5 Å². The molecule has 5 rings (SSSR count). The standard InChI is InChI=1S/C23H29N7O2/c1-22(2,3)32-21(31)30-10-7-23(8-11-30)13-18(23)27-19-15-5-4-14(16-6-9-25-29-16)12-17(15)26-20(24)28-19/h4-6,9,12,18H,7-8,10-11,13H2,1-3H3,(H,25,29)(H3,24,26,27,28). The van der Waals surface area contributed by atoms with Crippen LogP contribution in [-0.4, -0.2) is 55.9 Å². The molecule has 1 unspecified atom stereocenters. The van der Waals surface area contributed by atoms with Crippen molar-refractivity contribution >= 4 is 28.8 Å². The van der Waals surface area contributed by atoms with E-state index in [9.17, 15) is 4.79 Å². The molecule has 1 spiro atoms. The Labute approximate surface area is 186 Å². The number of nitrogen functional groups attached to an aromatic ring is 1. The molecule has 4 N–H and O–H groups in total. The fraction of sp³-hybridized carbons (Fsp3) is 0.478. The average Bonchev–Trinajstić information content (AvgIpc) is 3.13. The van der Waals surface area contributed by atoms with Crippen molar-refractivity contribution in [2.45, 2.75) is 51.7 Å². The second-order valence-electron chi connectivity index (χ2n) is 9.86. The van der Waals surface area contributed by atoms with Crippen molar-refractivity contribution in [3.63, 3.8) is 0 Å². The summed E-state index contributed by atoms with van der Waals surface area (Å²) in [5, 5.41) is 11.5. The first-order chi connectivity index (χ1) is 15.2. The number of nitrogens with one attached hydrogen (secondary N) is 2. The molecule has 32 heavy (non-hydrogen) atoms. The molecule has 1 aromatic carbocycles. The number of carbonyl (C=O) groups is 1. The van der Waals surface area contributed by atoms with Crippen LogP contribution in [0.5, 0.6) is 0 Å². The number of hydrogen-bond acceptors (Lipinski definition) is 7. The molecule has 1 saturated heterocycles. The lowest BCUT2D eigenvalue weighted by Gasteiger charge is -2.34. The Kier molecular flexibility index (Phi) is 4.72. The van der Waals surface area contributed by atoms with E-state index < -0.39 is 5.60 Å². The topological polar surface area (TPSA) is 122 Å². The van der Waals surface area contributed by atoms with Crippen molar-refractivity contribution in [1.82, 2.24) is 25.1 Å². The number of piperidine rings is 1. The molecule has 1 aliphatic heterocycles. The first-order valence-corrected chi connectivity index (χ1v) is 11.0. The van der Waals surface area contributed by atoms with Gasteiger partial charge in [0.05, 0.1) is 11.2 Å². The Morgan fingerprint density at radius 3 is 2.72 bits per heavy atom. The second-order valence-corrected chi connectivity index (χ2v) is 9.86. The summed E-state index contributed by atoms with van der Waals surface area (Å²) in [5.74, 6) is 1.01. The predicted molar refractivity (Wildman–Crippen MR) is 123 cm³/mol. The molecule has 2 fully saturated rings. The van der Waals surface area contributed by atoms with Crippen molar-refractivity contribution in [1.29, 1.82) is 0 Å². The summed E-state index contributed by atoms with van der Waals surface area (Å²) < 4.78 is 5.52. The highest BCUT2D eigenvalue weighted by Crippen LogP contribution is 2.55. The van der Waals surface area contributed by atoms with Gasteiger partial charge in [-0.15, -0.1) is 0 Å². The van der Waals surface area contributed by atoms with Crippen molar-refractivity contribution < 1.29 is 9.53 Å². The number of nitrogens with two attached hydrogens (primary N) is 1. The third kappa shape index (κ3) is 3.94. The average molecular weight is 436 g/mol. The van der Waals surface area contributed by atoms with Crippen molar-refractivity contribution in [2.24, 2.45) is 5.41 Å². The van der Waals surface area contributed by atoms with Gasteiger partial charge in [-0.25, -0.2) is 9.78 Å². The van der Waals surface area contributed by atoms with Gasteiger partial charge < -0.3 is 20.7 Å². The Morgan fingerprint density at radius 2 is 2.03 bits per heavy atom. The van der Waals surface area contributed by atoms with E-state index in [1.807, 2.05) is 49.9 Å². The summed E-state index contributed by atoms with van der Waals surface area (Å²) in [7, 11) is 0. The maximum absolute atomic E-state index is 12.4. The van der Waals surface area contributed by atoms with Gasteiger partial charge in [-0.3, -0.25) is 5.10 Å². The number of amides is 1. The van der Waals surface area contributed by atoms with Crippen LogP contribution in [0.4, 0.5) is 16.6 Å². The van der Waals surface area contributed by atoms with E-state index in [2.05, 4.69) is 25.5 Å². The van der Waals surface area contributed by atoms with E-state index in [0.29, 0.717) is 19.1 Å². The van der Waals surface area contributed by atoms with E-state index in [1.54, 1.807) is 6.20 Å². The third-order valence-corrected chi connectivity index (χ3v) is 6.44. The summed E-state index contributed by atoms with van der Waals surface area (Å²) in [4.78, 5) is 23.1. The van der Waals surface area contributed by atoms with Crippen LogP contribution in [0.2, 0.25) is 0 Å². The number of fused-ring (bicyclic) bond motifs is 1. The second kappa shape index (κ2) is 7.36. The number of nitrogens with zero attached hydrogens (tertiary/aromatic N) is 4. The molecule has 9 heteroatoms. The van der Waals surface area contributed by atoms with E-state index >= 15 is 0 Å². The molecule has 168 valence electrons. The molecule has 1 saturated carbocycles. The number of hydrogen-bond donors (Lipinski definition) is 3. The number of ether oxygens (including phenoxy) is 1. The summed E-state index contributed by atoms with van der Waals surface area (Å²) in [6.07, 6.45) is 4.47. The molecule has 1 atom stereocenters. The zero-order chi connectivity index (χ0) is 22.5. The highest BCUT2D eigenvalue weighted by Gasteiger charge is 2.55. The highest BCUT2D eigenvalue weighted by molar-refractivity contribution is 5.92. The summed E-state index contributed by atoms with van der Waals surface area (Å²) in [6, 6.07) is 8.28. The minimum atomic E-state index is -0.471. The molecular formula is C23H29N7O2. The van der Waals surface area contributed by atoms with Gasteiger partial charge in [-0.1, -0.05) is 6.07 Å². The summed E-state index contributed by atoms with van der Waals surface area (Å²) >= 11 is 0. The van der Waals surface area contributed by atoms with Crippen LogP contribution in [-0.2, 0) is 4.74 Å². The van der Waals surface area contributed by atoms with Crippen molar-refractivity contribution in [2.75, 3.05) is 24.1 Å². The molecule has 0 radical (unpaired) electrons. The monoisotopic (exact) mass is 435 g/mol. The number of aromatic nitrogens is 4. The van der Waals surface area contributed by atoms with E-state index in [-0.39, 0.29) is 17.5 Å². The molecular weight excluding hydrogens is 406 g/mol. The predicted octanol–water partition coefficient (Wildman–Crippen LogP) is 3.80. The van der Waals surface area contributed by atoms with Crippen molar-refractivity contribution in [3.8, 4) is 11.3 Å². The maximum atomic E-state index is 12.4. The Morgan fingerprint density at radius 1 is 1.25 bits per heavy atom. The van der Waals surface area contributed by atoms with Gasteiger partial charge in [0.25, 0.3) is 0 Å². The van der Waals surface area contributed by atoms with Crippen LogP contribution in [0.3, 0.4) is 0 Å². The molecule has 3 aromatic rings. The quantitative estimate of drug-likeness (QED) is 0.572. The Hall–Kier alpha value is -3.36. The largest absolute Gasteiger partial charge is 0.444 e. The van der Waals surface area contributed by atoms with Gasteiger partial charge in [-0.05, 0) is 63.6 Å². The van der Waals surface area contributed by atoms with Crippen LogP contribution in [0.1, 0.15) is 40.0 Å². The fourth-order valence-electron chi connectivity index (χ4n) is 4.57. The highest BCUT2D eigenvalue weighted by atomic mass is 16.6. The van der Waals surface area contributed by atoms with Gasteiger partial charge in [0, 0.05) is 36.3 Å². The van der Waals surface area contributed by atoms with Crippen LogP contribution in [0.25, 0.3) is 22.2 Å². The minimum absolute atomic E-state index is 0.195. The molecule has 2 aromatic heterocycles. The number of anilines is 2. The van der Waals surface area contributed by atoms with Gasteiger partial charge in [-0.2, -0.15) is 10.1 Å². The summed E-state index contributed by atoms with van der Waals surface area (Å²) in [5.41, 5.74) is 8.46. The zero-order valence-electron chi connectivity index (χ0n) is 18.7. The first kappa shape index (κ1) is 20.5. The van der Waals surface area contributed by atoms with Gasteiger partial charge in [0.1, 0.15) is 11.4 Å². The maximum Gasteiger partial charge on any atom is 0.410 e. The number of likely N-dealkylation sites (tertiary alicyclic amines) is 1. The first-order valence-electron chi connectivity index (χ1n) is 11.0. The Balaban J connectivity index is 1.29. The molecule has 1 aliphatic carbocycles. The van der Waals surface area contributed by atoms with E-state index in [0.717, 1.165) is 47.2 Å². The lowest BCUT2D eigenvalue weighted by atomic mass is 9.93. The molecule has 2 aliphatic rings. The van der Waals surface area contributed by atoms with E-state index in [4.69, 9.17) is 10.5 Å². The number of rotatable bonds is 3. The van der Waals surface area contributed by atoms with Crippen LogP contribution >= 0.6 is 0 Å². The minimum Gasteiger partial charge on any atom is -0.444 e.